The molecule has 7 nitrogen and oxygen atoms in total. The Labute approximate surface area is 180 Å². The lowest BCUT2D eigenvalue weighted by atomic mass is 10.0. The van der Waals surface area contributed by atoms with Crippen molar-refractivity contribution in [2.24, 2.45) is 0 Å². The average molecular weight is 422 g/mol. The number of H-pyrrole nitrogens is 1. The molecular formula is C24H26N2O5. The van der Waals surface area contributed by atoms with Crippen molar-refractivity contribution in [2.45, 2.75) is 41.0 Å². The highest BCUT2D eigenvalue weighted by Gasteiger charge is 2.25. The van der Waals surface area contributed by atoms with Gasteiger partial charge in [0.1, 0.15) is 0 Å². The first-order valence-electron chi connectivity index (χ1n) is 10.2. The third-order valence-electron chi connectivity index (χ3n) is 5.30. The Hall–Kier alpha value is -3.48. The summed E-state index contributed by atoms with van der Waals surface area (Å²) in [4.78, 5) is 45.2. The molecule has 1 N–H and O–H groups in total. The van der Waals surface area contributed by atoms with Gasteiger partial charge in [0, 0.05) is 11.1 Å². The average Bonchev–Trinajstić information content (AvgIpc) is 3.05. The number of Topliss-reactive ketones (excluding diaryl/α,β-unsaturated/α-hetero) is 1. The monoisotopic (exact) mass is 422 g/mol. The summed E-state index contributed by atoms with van der Waals surface area (Å²) in [7, 11) is 0. The number of esters is 2. The highest BCUT2D eigenvalue weighted by Crippen LogP contribution is 2.24. The van der Waals surface area contributed by atoms with Crippen LogP contribution in [-0.2, 0) is 15.9 Å². The van der Waals surface area contributed by atoms with Crippen LogP contribution in [-0.4, -0.2) is 40.9 Å². The predicted molar refractivity (Wildman–Crippen MR) is 117 cm³/mol. The van der Waals surface area contributed by atoms with Crippen molar-refractivity contribution in [2.75, 3.05) is 13.2 Å². The first-order valence-corrected chi connectivity index (χ1v) is 10.2. The molecule has 0 saturated carbocycles. The summed E-state index contributed by atoms with van der Waals surface area (Å²) in [5, 5.41) is 0.868. The second-order valence-electron chi connectivity index (χ2n) is 7.27. The third-order valence-corrected chi connectivity index (χ3v) is 5.30. The number of carbonyl (C=O) groups is 3. The zero-order valence-corrected chi connectivity index (χ0v) is 18.4. The second kappa shape index (κ2) is 9.12. The van der Waals surface area contributed by atoms with Gasteiger partial charge in [0.25, 0.3) is 0 Å². The molecule has 2 heterocycles. The number of fused-ring (bicyclic) bond motifs is 1. The number of nitrogens with one attached hydrogen (secondary N) is 1. The first kappa shape index (κ1) is 22.2. The van der Waals surface area contributed by atoms with Crippen LogP contribution in [0.5, 0.6) is 0 Å². The lowest BCUT2D eigenvalue weighted by Gasteiger charge is -2.13. The molecule has 0 spiro atoms. The maximum absolute atomic E-state index is 12.9. The Morgan fingerprint density at radius 1 is 0.935 bits per heavy atom. The molecule has 3 rings (SSSR count). The van der Waals surface area contributed by atoms with Crippen LogP contribution < -0.4 is 0 Å². The van der Waals surface area contributed by atoms with E-state index in [0.29, 0.717) is 34.5 Å². The molecule has 0 amide bonds. The van der Waals surface area contributed by atoms with Crippen molar-refractivity contribution in [3.8, 4) is 0 Å². The molecule has 0 atom stereocenters. The minimum Gasteiger partial charge on any atom is -0.462 e. The summed E-state index contributed by atoms with van der Waals surface area (Å²) in [6, 6.07) is 7.59. The van der Waals surface area contributed by atoms with Gasteiger partial charge < -0.3 is 14.5 Å². The fraction of sp³-hybridized carbons (Fsp3) is 0.333. The SMILES string of the molecule is CCOC(=O)c1c(C)[nH]c(C(=O)COC(=O)c2c(CC)nc3ccccc3c2C)c1C. The smallest absolute Gasteiger partial charge is 0.340 e. The van der Waals surface area contributed by atoms with E-state index in [1.54, 1.807) is 20.8 Å². The van der Waals surface area contributed by atoms with E-state index in [0.717, 1.165) is 16.5 Å². The summed E-state index contributed by atoms with van der Waals surface area (Å²) in [6.45, 7) is 8.64. The normalized spacial score (nSPS) is 10.9. The predicted octanol–water partition coefficient (Wildman–Crippen LogP) is 4.27. The third kappa shape index (κ3) is 4.21. The topological polar surface area (TPSA) is 98.4 Å². The fourth-order valence-corrected chi connectivity index (χ4v) is 3.78. The number of hydrogen-bond donors (Lipinski definition) is 1. The highest BCUT2D eigenvalue weighted by atomic mass is 16.5. The number of aromatic nitrogens is 2. The van der Waals surface area contributed by atoms with Crippen molar-refractivity contribution in [3.05, 3.63) is 63.6 Å². The fourth-order valence-electron chi connectivity index (χ4n) is 3.78. The molecule has 2 aromatic heterocycles. The Kier molecular flexibility index (Phi) is 6.53. The minimum atomic E-state index is -0.590. The maximum Gasteiger partial charge on any atom is 0.340 e. The number of pyridine rings is 1. The van der Waals surface area contributed by atoms with Gasteiger partial charge in [0.15, 0.2) is 6.61 Å². The number of nitrogens with zero attached hydrogens (tertiary/aromatic N) is 1. The number of aryl methyl sites for hydroxylation is 3. The Morgan fingerprint density at radius 3 is 2.29 bits per heavy atom. The molecule has 0 bridgehead atoms. The number of ether oxygens (including phenoxy) is 2. The Balaban J connectivity index is 1.83. The molecule has 0 saturated heterocycles. The standard InChI is InChI=1S/C24H26N2O5/c1-6-17-21(13(3)16-10-8-9-11-18(16)26-17)24(29)31-12-19(27)22-14(4)20(15(5)25-22)23(28)30-7-2/h8-11,25H,6-7,12H2,1-5H3. The molecule has 0 fully saturated rings. The number of benzene rings is 1. The molecule has 0 unspecified atom stereocenters. The van der Waals surface area contributed by atoms with Gasteiger partial charge in [-0.05, 0) is 51.3 Å². The second-order valence-corrected chi connectivity index (χ2v) is 7.27. The Morgan fingerprint density at radius 2 is 1.61 bits per heavy atom. The van der Waals surface area contributed by atoms with Crippen LogP contribution in [0.3, 0.4) is 0 Å². The van der Waals surface area contributed by atoms with Crippen molar-refractivity contribution in [3.63, 3.8) is 0 Å². The summed E-state index contributed by atoms with van der Waals surface area (Å²) in [6.07, 6.45) is 0.557. The largest absolute Gasteiger partial charge is 0.462 e. The number of carbonyl (C=O) groups excluding carboxylic acids is 3. The van der Waals surface area contributed by atoms with Gasteiger partial charge in [-0.1, -0.05) is 25.1 Å². The summed E-state index contributed by atoms with van der Waals surface area (Å²) in [5.41, 5.74) is 4.19. The molecule has 3 aromatic rings. The van der Waals surface area contributed by atoms with E-state index >= 15 is 0 Å². The quantitative estimate of drug-likeness (QED) is 0.451. The van der Waals surface area contributed by atoms with E-state index in [4.69, 9.17) is 9.47 Å². The number of aromatic amines is 1. The Bertz CT molecular complexity index is 1180. The lowest BCUT2D eigenvalue weighted by Crippen LogP contribution is -2.18. The highest BCUT2D eigenvalue weighted by molar-refractivity contribution is 6.04. The van der Waals surface area contributed by atoms with Gasteiger partial charge in [-0.15, -0.1) is 0 Å². The molecule has 31 heavy (non-hydrogen) atoms. The van der Waals surface area contributed by atoms with E-state index in [9.17, 15) is 14.4 Å². The molecule has 0 aliphatic heterocycles. The molecule has 1 aromatic carbocycles. The minimum absolute atomic E-state index is 0.234. The van der Waals surface area contributed by atoms with Crippen molar-refractivity contribution >= 4 is 28.6 Å². The number of para-hydroxylation sites is 1. The van der Waals surface area contributed by atoms with Crippen LogP contribution in [0, 0.1) is 20.8 Å². The van der Waals surface area contributed by atoms with Gasteiger partial charge in [-0.25, -0.2) is 9.59 Å². The van der Waals surface area contributed by atoms with E-state index in [1.165, 1.54) is 0 Å². The summed E-state index contributed by atoms with van der Waals surface area (Å²) in [5.74, 6) is -1.50. The zero-order chi connectivity index (χ0) is 22.7. The molecule has 0 aliphatic carbocycles. The van der Waals surface area contributed by atoms with Gasteiger partial charge in [0.05, 0.1) is 34.6 Å². The van der Waals surface area contributed by atoms with Crippen LogP contribution in [0.15, 0.2) is 24.3 Å². The summed E-state index contributed by atoms with van der Waals surface area (Å²) >= 11 is 0. The zero-order valence-electron chi connectivity index (χ0n) is 18.4. The van der Waals surface area contributed by atoms with Crippen LogP contribution in [0.2, 0.25) is 0 Å². The molecule has 0 radical (unpaired) electrons. The lowest BCUT2D eigenvalue weighted by molar-refractivity contribution is 0.0470. The van der Waals surface area contributed by atoms with Crippen LogP contribution >= 0.6 is 0 Å². The van der Waals surface area contributed by atoms with Crippen molar-refractivity contribution < 1.29 is 23.9 Å². The molecule has 162 valence electrons. The van der Waals surface area contributed by atoms with Gasteiger partial charge in [0.2, 0.25) is 5.78 Å². The first-order chi connectivity index (χ1) is 14.8. The van der Waals surface area contributed by atoms with Crippen molar-refractivity contribution in [1.29, 1.82) is 0 Å². The van der Waals surface area contributed by atoms with Gasteiger partial charge >= 0.3 is 11.9 Å². The van der Waals surface area contributed by atoms with Crippen molar-refractivity contribution in [1.82, 2.24) is 9.97 Å². The van der Waals surface area contributed by atoms with E-state index in [2.05, 4.69) is 9.97 Å². The maximum atomic E-state index is 12.9. The van der Waals surface area contributed by atoms with Crippen LogP contribution in [0.4, 0.5) is 0 Å². The van der Waals surface area contributed by atoms with Gasteiger partial charge in [-0.3, -0.25) is 9.78 Å². The van der Waals surface area contributed by atoms with E-state index in [-0.39, 0.29) is 12.3 Å². The number of ketones is 1. The van der Waals surface area contributed by atoms with Crippen LogP contribution in [0.25, 0.3) is 10.9 Å². The van der Waals surface area contributed by atoms with E-state index < -0.39 is 24.3 Å². The van der Waals surface area contributed by atoms with Gasteiger partial charge in [-0.2, -0.15) is 0 Å². The molecule has 0 aliphatic rings. The number of rotatable bonds is 7. The number of hydrogen-bond acceptors (Lipinski definition) is 6. The van der Waals surface area contributed by atoms with Crippen LogP contribution in [0.1, 0.15) is 67.6 Å². The molecular weight excluding hydrogens is 396 g/mol. The molecule has 7 heteroatoms. The summed E-state index contributed by atoms with van der Waals surface area (Å²) < 4.78 is 10.4. The van der Waals surface area contributed by atoms with E-state index in [1.807, 2.05) is 38.1 Å².